The molecule has 1 aliphatic carbocycles. The first kappa shape index (κ1) is 33.7. The minimum atomic E-state index is 0.134. The summed E-state index contributed by atoms with van der Waals surface area (Å²) in [5.74, 6) is 1.87. The summed E-state index contributed by atoms with van der Waals surface area (Å²) in [5, 5.41) is 9.11. The van der Waals surface area contributed by atoms with Crippen LogP contribution >= 0.6 is 0 Å². The van der Waals surface area contributed by atoms with E-state index in [-0.39, 0.29) is 10.8 Å². The molecule has 0 radical (unpaired) electrons. The maximum Gasteiger partial charge on any atom is 0.164 e. The average Bonchev–Trinajstić information content (AvgIpc) is 3.63. The molecule has 2 aromatic heterocycles. The summed E-state index contributed by atoms with van der Waals surface area (Å²) in [5.41, 5.74) is 10.0. The van der Waals surface area contributed by atoms with Gasteiger partial charge in [-0.15, -0.1) is 0 Å². The van der Waals surface area contributed by atoms with Gasteiger partial charge >= 0.3 is 0 Å². The van der Waals surface area contributed by atoms with Gasteiger partial charge in [0.1, 0.15) is 11.2 Å². The monoisotopic (exact) mass is 735 g/mol. The molecule has 4 nitrogen and oxygen atoms in total. The van der Waals surface area contributed by atoms with Crippen LogP contribution < -0.4 is 0 Å². The Labute approximate surface area is 331 Å². The van der Waals surface area contributed by atoms with Gasteiger partial charge in [0.25, 0.3) is 0 Å². The third-order valence-corrected chi connectivity index (χ3v) is 12.6. The second-order valence-corrected chi connectivity index (χ2v) is 17.1. The molecule has 0 saturated heterocycles. The SMILES string of the molecule is CC1(C)CCC(C)(C)c2cc(-c3ccc4c(c3)oc3cccc(-c5nc(-c6ccc7ccccc7c6)nc(-c6ccc7ccc8ccccc8c7c6)n5)c34)ccc21. The summed E-state index contributed by atoms with van der Waals surface area (Å²) >= 11 is 0. The first-order valence-corrected chi connectivity index (χ1v) is 20.0. The van der Waals surface area contributed by atoms with Crippen LogP contribution in [0.5, 0.6) is 0 Å². The summed E-state index contributed by atoms with van der Waals surface area (Å²) in [6.45, 7) is 9.52. The third-order valence-electron chi connectivity index (χ3n) is 12.6. The van der Waals surface area contributed by atoms with E-state index >= 15 is 0 Å². The lowest BCUT2D eigenvalue weighted by Crippen LogP contribution is -2.33. The van der Waals surface area contributed by atoms with Crippen molar-refractivity contribution in [3.05, 3.63) is 163 Å². The van der Waals surface area contributed by atoms with Crippen LogP contribution in [0.1, 0.15) is 51.7 Å². The van der Waals surface area contributed by atoms with Crippen LogP contribution in [0.15, 0.2) is 156 Å². The van der Waals surface area contributed by atoms with Gasteiger partial charge in [-0.1, -0.05) is 149 Å². The maximum absolute atomic E-state index is 6.66. The van der Waals surface area contributed by atoms with Crippen LogP contribution in [0.3, 0.4) is 0 Å². The molecule has 0 atom stereocenters. The van der Waals surface area contributed by atoms with E-state index in [1.807, 2.05) is 12.1 Å². The minimum Gasteiger partial charge on any atom is -0.456 e. The normalized spacial score (nSPS) is 14.8. The van der Waals surface area contributed by atoms with Gasteiger partial charge in [0.2, 0.25) is 0 Å². The zero-order valence-corrected chi connectivity index (χ0v) is 32.6. The van der Waals surface area contributed by atoms with Crippen molar-refractivity contribution in [2.75, 3.05) is 0 Å². The Kier molecular flexibility index (Phi) is 7.34. The first-order valence-electron chi connectivity index (χ1n) is 20.0. The third kappa shape index (κ3) is 5.54. The van der Waals surface area contributed by atoms with Crippen LogP contribution in [0.4, 0.5) is 0 Å². The number of nitrogens with zero attached hydrogens (tertiary/aromatic N) is 3. The van der Waals surface area contributed by atoms with Crippen LogP contribution in [0, 0.1) is 0 Å². The fraction of sp³-hybridized carbons (Fsp3) is 0.151. The van der Waals surface area contributed by atoms with Crippen LogP contribution in [0.25, 0.3) is 99.5 Å². The zero-order valence-electron chi connectivity index (χ0n) is 32.6. The lowest BCUT2D eigenvalue weighted by molar-refractivity contribution is 0.332. The van der Waals surface area contributed by atoms with Crippen molar-refractivity contribution in [1.29, 1.82) is 0 Å². The number of aromatic nitrogens is 3. The Bertz CT molecular complexity index is 3260. The van der Waals surface area contributed by atoms with E-state index in [1.165, 1.54) is 56.5 Å². The second kappa shape index (κ2) is 12.4. The zero-order chi connectivity index (χ0) is 38.5. The number of fused-ring (bicyclic) bond motifs is 8. The summed E-state index contributed by atoms with van der Waals surface area (Å²) in [4.78, 5) is 15.6. The molecular weight excluding hydrogens is 695 g/mol. The molecule has 0 saturated carbocycles. The lowest BCUT2D eigenvalue weighted by Gasteiger charge is -2.42. The highest BCUT2D eigenvalue weighted by Gasteiger charge is 2.37. The van der Waals surface area contributed by atoms with Crippen LogP contribution in [-0.2, 0) is 10.8 Å². The standard InChI is InChI=1S/C53H41N3O/c1-52(2)26-27-53(3,4)45-30-36(23-25-44(45)52)37-22-24-41-47(31-37)57-46-15-9-14-42(48(41)46)51-55-49(38-20-16-32-10-5-6-12-35(32)28-38)54-50(56-51)39-21-19-34-18-17-33-11-7-8-13-40(33)43(34)29-39/h5-25,28-31H,26-27H2,1-4H3. The molecule has 0 amide bonds. The molecule has 11 rings (SSSR count). The molecule has 8 aromatic carbocycles. The van der Waals surface area contributed by atoms with Crippen molar-refractivity contribution >= 4 is 54.3 Å². The van der Waals surface area contributed by atoms with E-state index in [4.69, 9.17) is 19.4 Å². The minimum absolute atomic E-state index is 0.134. The van der Waals surface area contributed by atoms with Gasteiger partial charge in [-0.3, -0.25) is 0 Å². The highest BCUT2D eigenvalue weighted by molar-refractivity contribution is 6.13. The van der Waals surface area contributed by atoms with Gasteiger partial charge in [0.15, 0.2) is 17.5 Å². The fourth-order valence-corrected chi connectivity index (χ4v) is 9.18. The molecule has 0 bridgehead atoms. The van der Waals surface area contributed by atoms with Crippen molar-refractivity contribution < 1.29 is 4.42 Å². The van der Waals surface area contributed by atoms with Crippen molar-refractivity contribution in [2.24, 2.45) is 0 Å². The van der Waals surface area contributed by atoms with E-state index in [9.17, 15) is 0 Å². The summed E-state index contributed by atoms with van der Waals surface area (Å²) in [6.07, 6.45) is 2.38. The Morgan fingerprint density at radius 2 is 1.00 bits per heavy atom. The molecule has 274 valence electrons. The van der Waals surface area contributed by atoms with E-state index in [0.29, 0.717) is 17.5 Å². The van der Waals surface area contributed by atoms with E-state index in [1.54, 1.807) is 0 Å². The predicted octanol–water partition coefficient (Wildman–Crippen LogP) is 14.2. The summed E-state index contributed by atoms with van der Waals surface area (Å²) < 4.78 is 6.66. The molecule has 1 aliphatic rings. The van der Waals surface area contributed by atoms with Gasteiger partial charge in [0.05, 0.1) is 0 Å². The average molecular weight is 736 g/mol. The van der Waals surface area contributed by atoms with Gasteiger partial charge < -0.3 is 4.42 Å². The molecule has 0 fully saturated rings. The Balaban J connectivity index is 1.09. The quantitative estimate of drug-likeness (QED) is 0.169. The Hall–Kier alpha value is -6.65. The van der Waals surface area contributed by atoms with Crippen molar-refractivity contribution in [2.45, 2.75) is 51.4 Å². The van der Waals surface area contributed by atoms with Gasteiger partial charge in [0, 0.05) is 27.5 Å². The van der Waals surface area contributed by atoms with Gasteiger partial charge in [-0.05, 0) is 109 Å². The first-order chi connectivity index (χ1) is 27.7. The number of hydrogen-bond donors (Lipinski definition) is 0. The van der Waals surface area contributed by atoms with Gasteiger partial charge in [-0.2, -0.15) is 0 Å². The molecule has 0 spiro atoms. The topological polar surface area (TPSA) is 51.8 Å². The fourth-order valence-electron chi connectivity index (χ4n) is 9.18. The molecule has 10 aromatic rings. The maximum atomic E-state index is 6.66. The molecule has 0 unspecified atom stereocenters. The summed E-state index contributed by atoms with van der Waals surface area (Å²) in [6, 6.07) is 54.1. The van der Waals surface area contributed by atoms with Gasteiger partial charge in [-0.25, -0.2) is 15.0 Å². The van der Waals surface area contributed by atoms with Crippen molar-refractivity contribution in [1.82, 2.24) is 15.0 Å². The lowest BCUT2D eigenvalue weighted by atomic mass is 9.63. The van der Waals surface area contributed by atoms with Crippen molar-refractivity contribution in [3.8, 4) is 45.3 Å². The number of rotatable bonds is 4. The predicted molar refractivity (Wildman–Crippen MR) is 237 cm³/mol. The van der Waals surface area contributed by atoms with Crippen LogP contribution in [-0.4, -0.2) is 15.0 Å². The molecule has 57 heavy (non-hydrogen) atoms. The Morgan fingerprint density at radius 1 is 0.404 bits per heavy atom. The smallest absolute Gasteiger partial charge is 0.164 e. The summed E-state index contributed by atoms with van der Waals surface area (Å²) in [7, 11) is 0. The number of benzene rings is 8. The molecule has 4 heteroatoms. The number of hydrogen-bond acceptors (Lipinski definition) is 4. The largest absolute Gasteiger partial charge is 0.456 e. The molecule has 0 N–H and O–H groups in total. The Morgan fingerprint density at radius 3 is 1.81 bits per heavy atom. The number of furan rings is 1. The van der Waals surface area contributed by atoms with E-state index < -0.39 is 0 Å². The highest BCUT2D eigenvalue weighted by Crippen LogP contribution is 2.47. The van der Waals surface area contributed by atoms with Crippen LogP contribution in [0.2, 0.25) is 0 Å². The van der Waals surface area contributed by atoms with E-state index in [0.717, 1.165) is 49.6 Å². The molecular formula is C53H41N3O. The molecule has 2 heterocycles. The second-order valence-electron chi connectivity index (χ2n) is 17.1. The van der Waals surface area contributed by atoms with Crippen molar-refractivity contribution in [3.63, 3.8) is 0 Å². The van der Waals surface area contributed by atoms with E-state index in [2.05, 4.69) is 167 Å². The molecule has 0 aliphatic heterocycles. The highest BCUT2D eigenvalue weighted by atomic mass is 16.3.